The Bertz CT molecular complexity index is 318. The summed E-state index contributed by atoms with van der Waals surface area (Å²) in [4.78, 5) is 0. The molecule has 0 spiro atoms. The second-order valence-corrected chi connectivity index (χ2v) is 4.13. The van der Waals surface area contributed by atoms with E-state index in [-0.39, 0.29) is 6.04 Å². The van der Waals surface area contributed by atoms with Crippen molar-refractivity contribution >= 4 is 0 Å². The fourth-order valence-electron chi connectivity index (χ4n) is 1.66. The van der Waals surface area contributed by atoms with Gasteiger partial charge >= 0.3 is 0 Å². The molecule has 0 amide bonds. The number of tetrazole rings is 1. The van der Waals surface area contributed by atoms with Crippen molar-refractivity contribution in [1.29, 1.82) is 0 Å². The molecule has 0 bridgehead atoms. The molecule has 0 aliphatic carbocycles. The van der Waals surface area contributed by atoms with Crippen molar-refractivity contribution < 1.29 is 9.47 Å². The number of nitrogens with one attached hydrogen (secondary N) is 1. The predicted octanol–water partition coefficient (Wildman–Crippen LogP) is 0.397. The number of aromatic nitrogens is 4. The largest absolute Gasteiger partial charge is 0.385 e. The van der Waals surface area contributed by atoms with Crippen molar-refractivity contribution in [2.75, 3.05) is 34.0 Å². The fourth-order valence-corrected chi connectivity index (χ4v) is 1.66. The minimum Gasteiger partial charge on any atom is -0.385 e. The third-order valence-electron chi connectivity index (χ3n) is 2.67. The summed E-state index contributed by atoms with van der Waals surface area (Å²) in [5, 5.41) is 15.1. The Kier molecular flexibility index (Phi) is 7.47. The van der Waals surface area contributed by atoms with E-state index >= 15 is 0 Å². The molecule has 7 heteroatoms. The molecule has 1 aromatic heterocycles. The molecule has 1 heterocycles. The van der Waals surface area contributed by atoms with Gasteiger partial charge in [-0.3, -0.25) is 0 Å². The van der Waals surface area contributed by atoms with Crippen LogP contribution in [0.1, 0.15) is 31.6 Å². The molecule has 0 radical (unpaired) electrons. The van der Waals surface area contributed by atoms with Crippen molar-refractivity contribution in [2.45, 2.75) is 32.4 Å². The first-order valence-electron chi connectivity index (χ1n) is 6.27. The summed E-state index contributed by atoms with van der Waals surface area (Å²) in [6.45, 7) is 5.11. The molecule has 18 heavy (non-hydrogen) atoms. The van der Waals surface area contributed by atoms with E-state index < -0.39 is 0 Å². The van der Waals surface area contributed by atoms with Gasteiger partial charge in [0.2, 0.25) is 0 Å². The number of hydrogen-bond acceptors (Lipinski definition) is 6. The Balaban J connectivity index is 2.38. The summed E-state index contributed by atoms with van der Waals surface area (Å²) >= 11 is 0. The van der Waals surface area contributed by atoms with Crippen LogP contribution in [0.3, 0.4) is 0 Å². The lowest BCUT2D eigenvalue weighted by Crippen LogP contribution is -2.25. The van der Waals surface area contributed by atoms with E-state index in [1.807, 2.05) is 11.6 Å². The predicted molar refractivity (Wildman–Crippen MR) is 67.2 cm³/mol. The average molecular weight is 257 g/mol. The first-order chi connectivity index (χ1) is 8.79. The highest BCUT2D eigenvalue weighted by Crippen LogP contribution is 2.08. The maximum atomic E-state index is 5.02. The lowest BCUT2D eigenvalue weighted by atomic mass is 10.3. The van der Waals surface area contributed by atoms with Crippen LogP contribution in [0.5, 0.6) is 0 Å². The minimum absolute atomic E-state index is 0.123. The molecule has 0 saturated heterocycles. The molecular weight excluding hydrogens is 234 g/mol. The van der Waals surface area contributed by atoms with E-state index in [1.54, 1.807) is 14.2 Å². The normalized spacial score (nSPS) is 12.8. The van der Waals surface area contributed by atoms with Gasteiger partial charge in [0.05, 0.1) is 12.6 Å². The average Bonchev–Trinajstić information content (AvgIpc) is 2.83. The van der Waals surface area contributed by atoms with Crippen LogP contribution in [0.25, 0.3) is 0 Å². The van der Waals surface area contributed by atoms with Crippen LogP contribution in [0.4, 0.5) is 0 Å². The molecule has 1 aromatic rings. The first-order valence-corrected chi connectivity index (χ1v) is 6.27. The summed E-state index contributed by atoms with van der Waals surface area (Å²) in [6, 6.07) is 0.123. The quantitative estimate of drug-likeness (QED) is 0.611. The third kappa shape index (κ3) is 5.07. The molecule has 0 aliphatic rings. The summed E-state index contributed by atoms with van der Waals surface area (Å²) < 4.78 is 11.9. The van der Waals surface area contributed by atoms with Crippen LogP contribution >= 0.6 is 0 Å². The molecule has 0 saturated carbocycles. The fraction of sp³-hybridized carbons (Fsp3) is 0.909. The number of unbranched alkanes of at least 4 members (excludes halogenated alkanes) is 1. The monoisotopic (exact) mass is 257 g/mol. The highest BCUT2D eigenvalue weighted by atomic mass is 16.5. The summed E-state index contributed by atoms with van der Waals surface area (Å²) in [5.74, 6) is 0.864. The third-order valence-corrected chi connectivity index (χ3v) is 2.67. The van der Waals surface area contributed by atoms with E-state index in [9.17, 15) is 0 Å². The molecule has 1 rings (SSSR count). The maximum Gasteiger partial charge on any atom is 0.167 e. The summed E-state index contributed by atoms with van der Waals surface area (Å²) in [5.41, 5.74) is 0. The van der Waals surface area contributed by atoms with Crippen molar-refractivity contribution in [3.63, 3.8) is 0 Å². The van der Waals surface area contributed by atoms with E-state index in [0.717, 1.165) is 38.4 Å². The van der Waals surface area contributed by atoms with Crippen LogP contribution in [-0.2, 0) is 16.0 Å². The van der Waals surface area contributed by atoms with E-state index in [2.05, 4.69) is 20.8 Å². The summed E-state index contributed by atoms with van der Waals surface area (Å²) in [6.07, 6.45) is 2.03. The molecule has 1 atom stereocenters. The van der Waals surface area contributed by atoms with Gasteiger partial charge in [-0.1, -0.05) is 0 Å². The van der Waals surface area contributed by atoms with Crippen LogP contribution in [0, 0.1) is 0 Å². The number of ether oxygens (including phenoxy) is 2. The Labute approximate surface area is 108 Å². The van der Waals surface area contributed by atoms with E-state index in [4.69, 9.17) is 9.47 Å². The number of methoxy groups -OCH3 is 2. The zero-order valence-corrected chi connectivity index (χ0v) is 11.4. The first kappa shape index (κ1) is 15.0. The van der Waals surface area contributed by atoms with Gasteiger partial charge in [0.15, 0.2) is 5.82 Å². The zero-order valence-electron chi connectivity index (χ0n) is 11.4. The van der Waals surface area contributed by atoms with Gasteiger partial charge < -0.3 is 14.8 Å². The van der Waals surface area contributed by atoms with Gasteiger partial charge in [-0.05, 0) is 30.2 Å². The number of hydrogen-bond donors (Lipinski definition) is 1. The Hall–Kier alpha value is -1.05. The van der Waals surface area contributed by atoms with Gasteiger partial charge in [-0.15, -0.1) is 5.10 Å². The lowest BCUT2D eigenvalue weighted by Gasteiger charge is -2.13. The molecule has 1 N–H and O–H groups in total. The Morgan fingerprint density at radius 2 is 2.00 bits per heavy atom. The van der Waals surface area contributed by atoms with Crippen molar-refractivity contribution in [3.05, 3.63) is 5.82 Å². The van der Waals surface area contributed by atoms with Gasteiger partial charge in [0.25, 0.3) is 0 Å². The maximum absolute atomic E-state index is 5.02. The molecule has 7 nitrogen and oxygen atoms in total. The van der Waals surface area contributed by atoms with Crippen LogP contribution < -0.4 is 5.32 Å². The highest BCUT2D eigenvalue weighted by molar-refractivity contribution is 4.89. The minimum atomic E-state index is 0.123. The van der Waals surface area contributed by atoms with Gasteiger partial charge in [-0.25, -0.2) is 4.68 Å². The standard InChI is InChI=1S/C11H23N5O2/c1-10(12-6-9-18-3)11-13-14-15-16(11)7-4-5-8-17-2/h10,12H,4-9H2,1-3H3. The van der Waals surface area contributed by atoms with Crippen LogP contribution in [0.2, 0.25) is 0 Å². The highest BCUT2D eigenvalue weighted by Gasteiger charge is 2.13. The second kappa shape index (κ2) is 8.96. The smallest absolute Gasteiger partial charge is 0.167 e. The molecular formula is C11H23N5O2. The molecule has 0 aliphatic heterocycles. The SMILES string of the molecule is COCCCCn1nnnc1C(C)NCCOC. The lowest BCUT2D eigenvalue weighted by molar-refractivity contribution is 0.190. The topological polar surface area (TPSA) is 74.1 Å². The van der Waals surface area contributed by atoms with Crippen LogP contribution in [-0.4, -0.2) is 54.2 Å². The van der Waals surface area contributed by atoms with Crippen molar-refractivity contribution in [3.8, 4) is 0 Å². The van der Waals surface area contributed by atoms with Gasteiger partial charge in [0, 0.05) is 33.9 Å². The Morgan fingerprint density at radius 3 is 2.72 bits per heavy atom. The molecule has 0 fully saturated rings. The van der Waals surface area contributed by atoms with Crippen molar-refractivity contribution in [2.24, 2.45) is 0 Å². The molecule has 1 unspecified atom stereocenters. The van der Waals surface area contributed by atoms with Gasteiger partial charge in [-0.2, -0.15) is 0 Å². The molecule has 104 valence electrons. The second-order valence-electron chi connectivity index (χ2n) is 4.13. The summed E-state index contributed by atoms with van der Waals surface area (Å²) in [7, 11) is 3.40. The van der Waals surface area contributed by atoms with E-state index in [1.165, 1.54) is 0 Å². The number of aryl methyl sites for hydroxylation is 1. The number of nitrogens with zero attached hydrogens (tertiary/aromatic N) is 4. The molecule has 0 aromatic carbocycles. The number of rotatable bonds is 10. The van der Waals surface area contributed by atoms with E-state index in [0.29, 0.717) is 6.61 Å². The Morgan fingerprint density at radius 1 is 1.22 bits per heavy atom. The van der Waals surface area contributed by atoms with Gasteiger partial charge in [0.1, 0.15) is 0 Å². The van der Waals surface area contributed by atoms with Crippen LogP contribution in [0.15, 0.2) is 0 Å². The van der Waals surface area contributed by atoms with Crippen molar-refractivity contribution in [1.82, 2.24) is 25.5 Å². The zero-order chi connectivity index (χ0) is 13.2.